The zero-order valence-electron chi connectivity index (χ0n) is 28.8. The van der Waals surface area contributed by atoms with Crippen molar-refractivity contribution < 1.29 is 0 Å². The van der Waals surface area contributed by atoms with Crippen LogP contribution in [0, 0.1) is 0 Å². The van der Waals surface area contributed by atoms with E-state index in [1.807, 2.05) is 98.1 Å². The van der Waals surface area contributed by atoms with Crippen LogP contribution in [0.15, 0.2) is 147 Å². The predicted molar refractivity (Wildman–Crippen MR) is 217 cm³/mol. The number of hydrogen-bond acceptors (Lipinski definition) is 6. The van der Waals surface area contributed by atoms with Crippen LogP contribution in [0.25, 0.3) is 102 Å². The van der Waals surface area contributed by atoms with Gasteiger partial charge in [-0.1, -0.05) is 18.2 Å². The molecule has 0 aliphatic carbocycles. The first-order chi connectivity index (χ1) is 26.7. The monoisotopic (exact) mass is 694 g/mol. The van der Waals surface area contributed by atoms with E-state index in [2.05, 4.69) is 103 Å². The Morgan fingerprint density at radius 1 is 0.370 bits per heavy atom. The molecule has 0 unspecified atom stereocenters. The number of nitrogens with one attached hydrogen (secondary N) is 2. The van der Waals surface area contributed by atoms with Gasteiger partial charge in [0, 0.05) is 88.4 Å². The topological polar surface area (TPSA) is 109 Å². The van der Waals surface area contributed by atoms with Gasteiger partial charge < -0.3 is 9.97 Å². The molecular formula is C46H30N8. The SMILES string of the molecule is C1=Cc2nc1cc1cc(-c3cccc(-c4ccncc4)c3)c([nH]1)c(-c1ccncc1)c1nc(c(-c3ccncc3)c3ccc([nH]3)c2-c2ccncc2)C=C1. The molecule has 8 heteroatoms. The Hall–Kier alpha value is -7.58. The molecule has 7 aromatic heterocycles. The van der Waals surface area contributed by atoms with E-state index in [0.29, 0.717) is 0 Å². The fourth-order valence-electron chi connectivity index (χ4n) is 7.33. The number of benzene rings is 1. The standard InChI is InChI=1S/C46H30N8/c1-2-33(29-10-18-47-19-11-29)26-34(3-1)37-28-36-27-35-4-5-38(51-35)43(30-12-20-48-21-13-30)39-6-7-40(53-39)44(31-14-22-49-23-15-31)41-8-9-42(54-41)45(46(37)52-36)32-16-24-50-25-17-32/h1-28,52-53H. The van der Waals surface area contributed by atoms with Gasteiger partial charge in [0.25, 0.3) is 0 Å². The summed E-state index contributed by atoms with van der Waals surface area (Å²) in [5.41, 5.74) is 17.3. The lowest BCUT2D eigenvalue weighted by Crippen LogP contribution is -1.90. The molecular weight excluding hydrogens is 665 g/mol. The van der Waals surface area contributed by atoms with E-state index in [0.717, 1.165) is 100 Å². The van der Waals surface area contributed by atoms with Crippen LogP contribution in [0.4, 0.5) is 0 Å². The smallest absolute Gasteiger partial charge is 0.0737 e. The molecule has 0 fully saturated rings. The minimum absolute atomic E-state index is 0.833. The molecule has 2 aliphatic heterocycles. The van der Waals surface area contributed by atoms with Gasteiger partial charge in [0.15, 0.2) is 0 Å². The second-order valence-corrected chi connectivity index (χ2v) is 13.1. The van der Waals surface area contributed by atoms with Crippen LogP contribution < -0.4 is 0 Å². The Labute approximate surface area is 310 Å². The van der Waals surface area contributed by atoms with Crippen molar-refractivity contribution in [3.63, 3.8) is 0 Å². The highest BCUT2D eigenvalue weighted by molar-refractivity contribution is 6.02. The van der Waals surface area contributed by atoms with Gasteiger partial charge >= 0.3 is 0 Å². The lowest BCUT2D eigenvalue weighted by Gasteiger charge is -2.09. The highest BCUT2D eigenvalue weighted by Crippen LogP contribution is 2.39. The Morgan fingerprint density at radius 3 is 1.48 bits per heavy atom. The average Bonchev–Trinajstić information content (AvgIpc) is 4.07. The van der Waals surface area contributed by atoms with Crippen LogP contribution in [-0.2, 0) is 0 Å². The number of aromatic nitrogens is 8. The Morgan fingerprint density at radius 2 is 0.870 bits per heavy atom. The first-order valence-corrected chi connectivity index (χ1v) is 17.6. The van der Waals surface area contributed by atoms with Gasteiger partial charge in [-0.3, -0.25) is 19.9 Å². The molecule has 2 N–H and O–H groups in total. The molecule has 10 rings (SSSR count). The number of H-pyrrole nitrogens is 2. The summed E-state index contributed by atoms with van der Waals surface area (Å²) in [6.45, 7) is 0. The minimum Gasteiger partial charge on any atom is -0.354 e. The zero-order valence-corrected chi connectivity index (χ0v) is 28.8. The summed E-state index contributed by atoms with van der Waals surface area (Å²) >= 11 is 0. The predicted octanol–water partition coefficient (Wildman–Crippen LogP) is 10.6. The molecule has 0 saturated carbocycles. The largest absolute Gasteiger partial charge is 0.354 e. The lowest BCUT2D eigenvalue weighted by atomic mass is 9.97. The molecule has 254 valence electrons. The summed E-state index contributed by atoms with van der Waals surface area (Å²) in [7, 11) is 0. The normalized spacial score (nSPS) is 11.9. The van der Waals surface area contributed by atoms with Crippen molar-refractivity contribution in [1.29, 1.82) is 0 Å². The van der Waals surface area contributed by atoms with E-state index in [1.54, 1.807) is 0 Å². The Bertz CT molecular complexity index is 2910. The van der Waals surface area contributed by atoms with Gasteiger partial charge in [-0.05, 0) is 137 Å². The van der Waals surface area contributed by atoms with Gasteiger partial charge in [0.2, 0.25) is 0 Å². The zero-order chi connectivity index (χ0) is 35.8. The second-order valence-electron chi connectivity index (χ2n) is 13.1. The molecule has 54 heavy (non-hydrogen) atoms. The van der Waals surface area contributed by atoms with Crippen LogP contribution in [0.3, 0.4) is 0 Å². The number of pyridine rings is 4. The molecule has 8 aromatic rings. The average molecular weight is 695 g/mol. The molecule has 8 nitrogen and oxygen atoms in total. The Kier molecular flexibility index (Phi) is 7.62. The maximum absolute atomic E-state index is 5.41. The maximum atomic E-state index is 5.41. The maximum Gasteiger partial charge on any atom is 0.0737 e. The number of aromatic amines is 2. The summed E-state index contributed by atoms with van der Waals surface area (Å²) in [5, 5.41) is 0. The molecule has 0 spiro atoms. The summed E-state index contributed by atoms with van der Waals surface area (Å²) < 4.78 is 0. The van der Waals surface area contributed by atoms with Gasteiger partial charge in [-0.2, -0.15) is 0 Å². The number of nitrogens with zero attached hydrogens (tertiary/aromatic N) is 6. The molecule has 9 heterocycles. The molecule has 0 atom stereocenters. The molecule has 0 amide bonds. The highest BCUT2D eigenvalue weighted by Gasteiger charge is 2.19. The van der Waals surface area contributed by atoms with E-state index in [9.17, 15) is 0 Å². The van der Waals surface area contributed by atoms with Crippen LogP contribution in [0.1, 0.15) is 22.8 Å². The van der Waals surface area contributed by atoms with E-state index >= 15 is 0 Å². The number of fused-ring (bicyclic) bond motifs is 8. The fraction of sp³-hybridized carbons (Fsp3) is 0. The van der Waals surface area contributed by atoms with Crippen LogP contribution in [0.2, 0.25) is 0 Å². The van der Waals surface area contributed by atoms with E-state index in [1.165, 1.54) is 0 Å². The molecule has 2 aliphatic rings. The van der Waals surface area contributed by atoms with Crippen LogP contribution >= 0.6 is 0 Å². The van der Waals surface area contributed by atoms with Crippen molar-refractivity contribution in [1.82, 2.24) is 39.9 Å². The summed E-state index contributed by atoms with van der Waals surface area (Å²) in [5.74, 6) is 0. The second kappa shape index (κ2) is 13.2. The summed E-state index contributed by atoms with van der Waals surface area (Å²) in [4.78, 5) is 35.4. The number of hydrogen-bond donors (Lipinski definition) is 2. The summed E-state index contributed by atoms with van der Waals surface area (Å²) in [6, 6.07) is 33.4. The molecule has 0 saturated heterocycles. The minimum atomic E-state index is 0.833. The quantitative estimate of drug-likeness (QED) is 0.186. The van der Waals surface area contributed by atoms with Crippen molar-refractivity contribution in [2.75, 3.05) is 0 Å². The number of rotatable bonds is 5. The summed E-state index contributed by atoms with van der Waals surface area (Å²) in [6.07, 6.45) is 22.9. The van der Waals surface area contributed by atoms with Crippen molar-refractivity contribution in [3.8, 4) is 55.6 Å². The Balaban J connectivity index is 1.36. The van der Waals surface area contributed by atoms with E-state index in [-0.39, 0.29) is 0 Å². The first-order valence-electron chi connectivity index (χ1n) is 17.6. The lowest BCUT2D eigenvalue weighted by molar-refractivity contribution is 1.29. The molecule has 0 radical (unpaired) electrons. The van der Waals surface area contributed by atoms with Gasteiger partial charge in [-0.25, -0.2) is 9.97 Å². The van der Waals surface area contributed by atoms with E-state index in [4.69, 9.17) is 9.97 Å². The van der Waals surface area contributed by atoms with Gasteiger partial charge in [0.05, 0.1) is 28.3 Å². The van der Waals surface area contributed by atoms with Crippen molar-refractivity contribution >= 4 is 46.4 Å². The van der Waals surface area contributed by atoms with E-state index < -0.39 is 0 Å². The molecule has 1 aromatic carbocycles. The van der Waals surface area contributed by atoms with Crippen molar-refractivity contribution in [2.45, 2.75) is 0 Å². The van der Waals surface area contributed by atoms with Crippen molar-refractivity contribution in [2.24, 2.45) is 0 Å². The first kappa shape index (κ1) is 31.2. The van der Waals surface area contributed by atoms with Crippen LogP contribution in [-0.4, -0.2) is 39.9 Å². The molecule has 8 bridgehead atoms. The fourth-order valence-corrected chi connectivity index (χ4v) is 7.33. The van der Waals surface area contributed by atoms with Crippen LogP contribution in [0.5, 0.6) is 0 Å². The third kappa shape index (κ3) is 5.68. The van der Waals surface area contributed by atoms with Crippen molar-refractivity contribution in [3.05, 3.63) is 169 Å². The highest BCUT2D eigenvalue weighted by atomic mass is 14.8. The van der Waals surface area contributed by atoms with Gasteiger partial charge in [0.1, 0.15) is 0 Å². The third-order valence-corrected chi connectivity index (χ3v) is 9.78. The third-order valence-electron chi connectivity index (χ3n) is 9.78. The van der Waals surface area contributed by atoms with Gasteiger partial charge in [-0.15, -0.1) is 0 Å².